The van der Waals surface area contributed by atoms with Gasteiger partial charge in [-0.05, 0) is 51.2 Å². The molecule has 1 aliphatic rings. The van der Waals surface area contributed by atoms with Gasteiger partial charge in [-0.15, -0.1) is 0 Å². The molecule has 0 bridgehead atoms. The molecule has 0 amide bonds. The quantitative estimate of drug-likeness (QED) is 0.735. The molecule has 1 saturated carbocycles. The summed E-state index contributed by atoms with van der Waals surface area (Å²) in [6, 6.07) is 0.773. The van der Waals surface area contributed by atoms with Crippen LogP contribution >= 0.6 is 0 Å². The van der Waals surface area contributed by atoms with Gasteiger partial charge in [0.2, 0.25) is 0 Å². The first-order valence-corrected chi connectivity index (χ1v) is 7.55. The fraction of sp³-hybridized carbons (Fsp3) is 1.00. The molecule has 0 aliphatic heterocycles. The van der Waals surface area contributed by atoms with Gasteiger partial charge in [-0.1, -0.05) is 33.6 Å². The number of hydrogen-bond acceptors (Lipinski definition) is 2. The molecule has 2 nitrogen and oxygen atoms in total. The second-order valence-electron chi connectivity index (χ2n) is 6.15. The number of nitrogens with one attached hydrogen (secondary N) is 1. The molecule has 0 radical (unpaired) electrons. The largest absolute Gasteiger partial charge is 0.314 e. The molecule has 1 N–H and O–H groups in total. The molecule has 0 aromatic heterocycles. The van der Waals surface area contributed by atoms with Crippen molar-refractivity contribution in [3.63, 3.8) is 0 Å². The normalized spacial score (nSPS) is 25.8. The van der Waals surface area contributed by atoms with Crippen molar-refractivity contribution in [1.82, 2.24) is 10.2 Å². The van der Waals surface area contributed by atoms with E-state index in [1.54, 1.807) is 0 Å². The Labute approximate surface area is 108 Å². The molecular weight excluding hydrogens is 208 g/mol. The summed E-state index contributed by atoms with van der Waals surface area (Å²) >= 11 is 0. The zero-order valence-corrected chi connectivity index (χ0v) is 12.3. The van der Waals surface area contributed by atoms with Crippen LogP contribution in [0.25, 0.3) is 0 Å². The Balaban J connectivity index is 2.30. The van der Waals surface area contributed by atoms with Gasteiger partial charge in [-0.2, -0.15) is 0 Å². The van der Waals surface area contributed by atoms with Crippen LogP contribution in [0.1, 0.15) is 52.9 Å². The lowest BCUT2D eigenvalue weighted by Gasteiger charge is -2.35. The van der Waals surface area contributed by atoms with E-state index in [9.17, 15) is 0 Å². The van der Waals surface area contributed by atoms with Crippen molar-refractivity contribution >= 4 is 0 Å². The van der Waals surface area contributed by atoms with E-state index in [4.69, 9.17) is 0 Å². The SMILES string of the molecule is CCNC1CCCCC1CN(C)CCC(C)C. The van der Waals surface area contributed by atoms with Crippen LogP contribution in [0.15, 0.2) is 0 Å². The van der Waals surface area contributed by atoms with Crippen LogP contribution in [0, 0.1) is 11.8 Å². The van der Waals surface area contributed by atoms with Crippen LogP contribution < -0.4 is 5.32 Å². The molecule has 2 unspecified atom stereocenters. The predicted octanol–water partition coefficient (Wildman–Crippen LogP) is 3.13. The van der Waals surface area contributed by atoms with Crippen LogP contribution in [0.3, 0.4) is 0 Å². The minimum atomic E-state index is 0.773. The first-order valence-electron chi connectivity index (χ1n) is 7.55. The molecule has 0 heterocycles. The molecule has 0 spiro atoms. The Morgan fingerprint density at radius 1 is 1.24 bits per heavy atom. The summed E-state index contributed by atoms with van der Waals surface area (Å²) in [4.78, 5) is 2.54. The molecule has 17 heavy (non-hydrogen) atoms. The van der Waals surface area contributed by atoms with E-state index in [0.29, 0.717) is 0 Å². The molecule has 102 valence electrons. The van der Waals surface area contributed by atoms with E-state index in [1.165, 1.54) is 45.2 Å². The molecule has 0 saturated heterocycles. The zero-order valence-electron chi connectivity index (χ0n) is 12.3. The Morgan fingerprint density at radius 2 is 1.94 bits per heavy atom. The number of rotatable bonds is 7. The van der Waals surface area contributed by atoms with Crippen LogP contribution in [0.5, 0.6) is 0 Å². The predicted molar refractivity (Wildman–Crippen MR) is 76.4 cm³/mol. The van der Waals surface area contributed by atoms with Gasteiger partial charge in [0.1, 0.15) is 0 Å². The van der Waals surface area contributed by atoms with Gasteiger partial charge >= 0.3 is 0 Å². The Bertz CT molecular complexity index is 189. The second-order valence-corrected chi connectivity index (χ2v) is 6.15. The third kappa shape index (κ3) is 5.87. The lowest BCUT2D eigenvalue weighted by Crippen LogP contribution is -2.43. The maximum Gasteiger partial charge on any atom is 0.0107 e. The van der Waals surface area contributed by atoms with Crippen LogP contribution in [-0.2, 0) is 0 Å². The third-order valence-corrected chi connectivity index (χ3v) is 4.01. The van der Waals surface area contributed by atoms with Gasteiger partial charge < -0.3 is 10.2 Å². The molecule has 2 heteroatoms. The molecule has 1 rings (SSSR count). The molecule has 1 aliphatic carbocycles. The summed E-state index contributed by atoms with van der Waals surface area (Å²) in [7, 11) is 2.29. The lowest BCUT2D eigenvalue weighted by molar-refractivity contribution is 0.186. The average molecular weight is 240 g/mol. The highest BCUT2D eigenvalue weighted by molar-refractivity contribution is 4.82. The summed E-state index contributed by atoms with van der Waals surface area (Å²) in [6.07, 6.45) is 6.99. The first-order chi connectivity index (χ1) is 8.13. The monoisotopic (exact) mass is 240 g/mol. The fourth-order valence-electron chi connectivity index (χ4n) is 2.93. The van der Waals surface area contributed by atoms with E-state index in [1.807, 2.05) is 0 Å². The van der Waals surface area contributed by atoms with Gasteiger partial charge in [0, 0.05) is 12.6 Å². The van der Waals surface area contributed by atoms with Crippen LogP contribution in [-0.4, -0.2) is 37.6 Å². The van der Waals surface area contributed by atoms with Crippen molar-refractivity contribution < 1.29 is 0 Å². The molecule has 1 fully saturated rings. The summed E-state index contributed by atoms with van der Waals surface area (Å²) < 4.78 is 0. The smallest absolute Gasteiger partial charge is 0.0107 e. The topological polar surface area (TPSA) is 15.3 Å². The Kier molecular flexibility index (Phi) is 7.14. The fourth-order valence-corrected chi connectivity index (χ4v) is 2.93. The highest BCUT2D eigenvalue weighted by atomic mass is 15.1. The van der Waals surface area contributed by atoms with Crippen molar-refractivity contribution in [1.29, 1.82) is 0 Å². The zero-order chi connectivity index (χ0) is 12.7. The highest BCUT2D eigenvalue weighted by Crippen LogP contribution is 2.25. The van der Waals surface area contributed by atoms with E-state index in [2.05, 4.69) is 38.0 Å². The Morgan fingerprint density at radius 3 is 2.59 bits per heavy atom. The van der Waals surface area contributed by atoms with E-state index in [-0.39, 0.29) is 0 Å². The standard InChI is InChI=1S/C15H32N2/c1-5-16-15-9-7-6-8-14(15)12-17(4)11-10-13(2)3/h13-16H,5-12H2,1-4H3. The maximum absolute atomic E-state index is 3.68. The van der Waals surface area contributed by atoms with Crippen molar-refractivity contribution in [2.24, 2.45) is 11.8 Å². The van der Waals surface area contributed by atoms with Gasteiger partial charge in [0.05, 0.1) is 0 Å². The number of hydrogen-bond donors (Lipinski definition) is 1. The highest BCUT2D eigenvalue weighted by Gasteiger charge is 2.25. The van der Waals surface area contributed by atoms with Crippen LogP contribution in [0.2, 0.25) is 0 Å². The summed E-state index contributed by atoms with van der Waals surface area (Å²) in [5, 5.41) is 3.68. The van der Waals surface area contributed by atoms with Crippen molar-refractivity contribution in [3.8, 4) is 0 Å². The lowest BCUT2D eigenvalue weighted by atomic mass is 9.84. The molecule has 0 aromatic carbocycles. The van der Waals surface area contributed by atoms with Gasteiger partial charge in [-0.3, -0.25) is 0 Å². The van der Waals surface area contributed by atoms with E-state index in [0.717, 1.165) is 24.4 Å². The van der Waals surface area contributed by atoms with Gasteiger partial charge in [0.25, 0.3) is 0 Å². The van der Waals surface area contributed by atoms with Crippen molar-refractivity contribution in [2.75, 3.05) is 26.7 Å². The average Bonchev–Trinajstić information content (AvgIpc) is 2.29. The van der Waals surface area contributed by atoms with Crippen molar-refractivity contribution in [3.05, 3.63) is 0 Å². The van der Waals surface area contributed by atoms with Gasteiger partial charge in [-0.25, -0.2) is 0 Å². The molecule has 0 aromatic rings. The van der Waals surface area contributed by atoms with E-state index >= 15 is 0 Å². The summed E-state index contributed by atoms with van der Waals surface area (Å²) in [5.74, 6) is 1.70. The third-order valence-electron chi connectivity index (χ3n) is 4.01. The number of nitrogens with zero attached hydrogens (tertiary/aromatic N) is 1. The Hall–Kier alpha value is -0.0800. The summed E-state index contributed by atoms with van der Waals surface area (Å²) in [5.41, 5.74) is 0. The maximum atomic E-state index is 3.68. The minimum absolute atomic E-state index is 0.773. The molecular formula is C15H32N2. The minimum Gasteiger partial charge on any atom is -0.314 e. The van der Waals surface area contributed by atoms with Crippen molar-refractivity contribution in [2.45, 2.75) is 58.9 Å². The van der Waals surface area contributed by atoms with Crippen LogP contribution in [0.4, 0.5) is 0 Å². The first kappa shape index (κ1) is 15.0. The molecule has 2 atom stereocenters. The summed E-state index contributed by atoms with van der Waals surface area (Å²) in [6.45, 7) is 10.5. The second kappa shape index (κ2) is 8.10. The van der Waals surface area contributed by atoms with Gasteiger partial charge in [0.15, 0.2) is 0 Å². The van der Waals surface area contributed by atoms with E-state index < -0.39 is 0 Å².